The van der Waals surface area contributed by atoms with Crippen LogP contribution in [0.1, 0.15) is 45.4 Å². The molecule has 0 atom stereocenters. The highest BCUT2D eigenvalue weighted by molar-refractivity contribution is 8.20. The molecule has 0 N–H and O–H groups in total. The summed E-state index contributed by atoms with van der Waals surface area (Å²) in [6.07, 6.45) is 13.0. The first-order valence-corrected chi connectivity index (χ1v) is 8.57. The van der Waals surface area contributed by atoms with Crippen LogP contribution >= 0.6 is 11.2 Å². The van der Waals surface area contributed by atoms with Gasteiger partial charge in [0.25, 0.3) is 0 Å². The molecule has 1 rings (SSSR count). The second-order valence-electron chi connectivity index (χ2n) is 4.91. The van der Waals surface area contributed by atoms with Gasteiger partial charge in [-0.1, -0.05) is 39.0 Å². The topological polar surface area (TPSA) is 6.48 Å². The van der Waals surface area contributed by atoms with Gasteiger partial charge in [-0.25, -0.2) is 0 Å². The lowest BCUT2D eigenvalue weighted by molar-refractivity contribution is 0.290. The van der Waals surface area contributed by atoms with Gasteiger partial charge in [0.2, 0.25) is 11.2 Å². The summed E-state index contributed by atoms with van der Waals surface area (Å²) >= 11 is -4.67. The van der Waals surface area contributed by atoms with Gasteiger partial charge >= 0.3 is 0 Å². The third-order valence-corrected chi connectivity index (χ3v) is 2.74. The minimum Gasteiger partial charge on any atom is -0.362 e. The first-order valence-electron chi connectivity index (χ1n) is 6.82. The maximum atomic E-state index is 10.4. The Morgan fingerprint density at radius 3 is 2.00 bits per heavy atom. The fourth-order valence-corrected chi connectivity index (χ4v) is 1.83. The summed E-state index contributed by atoms with van der Waals surface area (Å²) in [4.78, 5) is 4.61. The van der Waals surface area contributed by atoms with E-state index in [2.05, 4.69) is 36.2 Å². The second kappa shape index (κ2) is 10.3. The van der Waals surface area contributed by atoms with Gasteiger partial charge in [-0.2, -0.15) is 0 Å². The van der Waals surface area contributed by atoms with Crippen molar-refractivity contribution in [1.82, 2.24) is 9.80 Å². The molecule has 0 fully saturated rings. The van der Waals surface area contributed by atoms with Crippen molar-refractivity contribution in [3.63, 3.8) is 0 Å². The minimum atomic E-state index is -4.67. The lowest BCUT2D eigenvalue weighted by Crippen LogP contribution is -2.23. The van der Waals surface area contributed by atoms with Gasteiger partial charge in [0, 0.05) is 32.2 Å². The molecule has 0 bridgehead atoms. The highest BCUT2D eigenvalue weighted by Crippen LogP contribution is 2.48. The smallest absolute Gasteiger partial charge is 0.206 e. The normalized spacial score (nSPS) is 15.5. The quantitative estimate of drug-likeness (QED) is 0.604. The Labute approximate surface area is 117 Å². The van der Waals surface area contributed by atoms with E-state index in [0.29, 0.717) is 0 Å². The van der Waals surface area contributed by atoms with E-state index in [1.54, 1.807) is 0 Å². The first kappa shape index (κ1) is 18.5. The van der Waals surface area contributed by atoms with Crippen LogP contribution in [-0.4, -0.2) is 36.3 Å². The largest absolute Gasteiger partial charge is 0.362 e. The molecule has 0 aromatic carbocycles. The molecule has 0 saturated heterocycles. The van der Waals surface area contributed by atoms with E-state index in [0.717, 1.165) is 6.67 Å². The average Bonchev–Trinajstić information content (AvgIpc) is 2.67. The number of rotatable bonds is 7. The summed E-state index contributed by atoms with van der Waals surface area (Å²) in [6, 6.07) is 0. The van der Waals surface area contributed by atoms with Gasteiger partial charge in [-0.3, -0.25) is 0 Å². The van der Waals surface area contributed by atoms with E-state index in [1.165, 1.54) is 45.1 Å². The standard InChI is InChI=1S/C12H24N2.CH3F3S/c1-3-4-5-6-7-8-9-14-11-10-13(2)12-14;1-5(2,3)4/h10-11H,3-9,12H2,1-2H3;1H3. The van der Waals surface area contributed by atoms with Gasteiger partial charge in [-0.05, 0) is 6.42 Å². The third kappa shape index (κ3) is 15.4. The van der Waals surface area contributed by atoms with Crippen LogP contribution < -0.4 is 0 Å². The predicted octanol–water partition coefficient (Wildman–Crippen LogP) is 5.10. The van der Waals surface area contributed by atoms with Crippen molar-refractivity contribution in [2.24, 2.45) is 0 Å². The maximum Gasteiger partial charge on any atom is 0.206 e. The Morgan fingerprint density at radius 2 is 1.53 bits per heavy atom. The summed E-state index contributed by atoms with van der Waals surface area (Å²) in [5.74, 6) is 0. The van der Waals surface area contributed by atoms with Crippen molar-refractivity contribution in [3.8, 4) is 0 Å². The number of hydrogen-bond donors (Lipinski definition) is 0. The molecule has 0 aliphatic carbocycles. The summed E-state index contributed by atoms with van der Waals surface area (Å²) in [5.41, 5.74) is 0. The van der Waals surface area contributed by atoms with Crippen LogP contribution in [0.2, 0.25) is 0 Å². The Balaban J connectivity index is 0.000000555. The lowest BCUT2D eigenvalue weighted by atomic mass is 10.1. The molecular weight excluding hydrogens is 273 g/mol. The molecule has 0 aromatic rings. The summed E-state index contributed by atoms with van der Waals surface area (Å²) in [5, 5.41) is 0. The zero-order valence-corrected chi connectivity index (χ0v) is 13.1. The molecule has 0 spiro atoms. The Hall–Kier alpha value is -0.520. The van der Waals surface area contributed by atoms with E-state index >= 15 is 0 Å². The Bertz CT molecular complexity index is 239. The zero-order chi connectivity index (χ0) is 14.7. The molecule has 1 heterocycles. The molecule has 0 radical (unpaired) electrons. The lowest BCUT2D eigenvalue weighted by Gasteiger charge is -2.17. The third-order valence-electron chi connectivity index (χ3n) is 2.74. The van der Waals surface area contributed by atoms with Gasteiger partial charge < -0.3 is 9.80 Å². The second-order valence-corrected chi connectivity index (χ2v) is 6.19. The summed E-state index contributed by atoms with van der Waals surface area (Å²) in [7, 11) is 2.12. The average molecular weight is 300 g/mol. The maximum absolute atomic E-state index is 10.4. The molecule has 0 aromatic heterocycles. The molecule has 0 amide bonds. The first-order chi connectivity index (χ1) is 8.83. The number of halogens is 3. The molecule has 2 nitrogen and oxygen atoms in total. The summed E-state index contributed by atoms with van der Waals surface area (Å²) in [6.45, 7) is 4.58. The molecule has 0 unspecified atom stereocenters. The summed E-state index contributed by atoms with van der Waals surface area (Å²) < 4.78 is 31.3. The van der Waals surface area contributed by atoms with Crippen molar-refractivity contribution in [2.75, 3.05) is 26.5 Å². The number of nitrogens with zero attached hydrogens (tertiary/aromatic N) is 2. The van der Waals surface area contributed by atoms with Crippen LogP contribution in [0.25, 0.3) is 0 Å². The number of hydrogen-bond acceptors (Lipinski definition) is 2. The molecule has 19 heavy (non-hydrogen) atoms. The van der Waals surface area contributed by atoms with Crippen LogP contribution in [0.3, 0.4) is 0 Å². The molecular formula is C13H27F3N2S. The van der Waals surface area contributed by atoms with E-state index in [9.17, 15) is 11.7 Å². The van der Waals surface area contributed by atoms with Crippen LogP contribution in [0.5, 0.6) is 0 Å². The van der Waals surface area contributed by atoms with Gasteiger partial charge in [0.05, 0.1) is 6.67 Å². The minimum absolute atomic E-state index is 0.271. The van der Waals surface area contributed by atoms with E-state index in [4.69, 9.17) is 0 Å². The van der Waals surface area contributed by atoms with E-state index in [-0.39, 0.29) is 6.26 Å². The van der Waals surface area contributed by atoms with Crippen LogP contribution in [0.15, 0.2) is 12.4 Å². The van der Waals surface area contributed by atoms with Crippen molar-refractivity contribution in [3.05, 3.63) is 12.4 Å². The fourth-order valence-electron chi connectivity index (χ4n) is 1.83. The molecule has 0 saturated carbocycles. The highest BCUT2D eigenvalue weighted by Gasteiger charge is 2.07. The number of unbranched alkanes of at least 4 members (excludes halogenated alkanes) is 5. The molecule has 1 aliphatic rings. The highest BCUT2D eigenvalue weighted by atomic mass is 32.3. The SMILES string of the molecule is CCCCCCCCN1C=CN(C)C1.CS(F)(F)F. The monoisotopic (exact) mass is 300 g/mol. The van der Waals surface area contributed by atoms with Crippen molar-refractivity contribution >= 4 is 11.2 Å². The Morgan fingerprint density at radius 1 is 1.00 bits per heavy atom. The van der Waals surface area contributed by atoms with Crippen LogP contribution in [0.4, 0.5) is 11.7 Å². The van der Waals surface area contributed by atoms with E-state index in [1.807, 2.05) is 0 Å². The zero-order valence-electron chi connectivity index (χ0n) is 12.2. The van der Waals surface area contributed by atoms with Gasteiger partial charge in [0.15, 0.2) is 0 Å². The predicted molar refractivity (Wildman–Crippen MR) is 78.7 cm³/mol. The van der Waals surface area contributed by atoms with Crippen LogP contribution in [-0.2, 0) is 0 Å². The molecule has 116 valence electrons. The Kier molecular flexibility index (Phi) is 10.0. The van der Waals surface area contributed by atoms with Gasteiger partial charge in [0.1, 0.15) is 0 Å². The van der Waals surface area contributed by atoms with Crippen LogP contribution in [0, 0.1) is 0 Å². The van der Waals surface area contributed by atoms with Gasteiger partial charge in [-0.15, -0.1) is 11.7 Å². The molecule has 1 aliphatic heterocycles. The fraction of sp³-hybridized carbons (Fsp3) is 0.846. The van der Waals surface area contributed by atoms with Crippen molar-refractivity contribution in [2.45, 2.75) is 45.4 Å². The van der Waals surface area contributed by atoms with Crippen molar-refractivity contribution < 1.29 is 11.7 Å². The molecule has 6 heteroatoms. The van der Waals surface area contributed by atoms with Crippen molar-refractivity contribution in [1.29, 1.82) is 0 Å². The van der Waals surface area contributed by atoms with E-state index < -0.39 is 11.2 Å².